The quantitative estimate of drug-likeness (QED) is 0.828. The fourth-order valence-corrected chi connectivity index (χ4v) is 2.47. The van der Waals surface area contributed by atoms with Gasteiger partial charge in [0.1, 0.15) is 11.9 Å². The predicted molar refractivity (Wildman–Crippen MR) is 80.7 cm³/mol. The summed E-state index contributed by atoms with van der Waals surface area (Å²) >= 11 is 0. The maximum atomic E-state index is 11.8. The molecule has 0 saturated heterocycles. The van der Waals surface area contributed by atoms with E-state index < -0.39 is 12.0 Å². The lowest BCUT2D eigenvalue weighted by Gasteiger charge is -2.13. The number of Topliss-reactive ketones (excluding diaryl/α,β-unsaturated/α-hetero) is 1. The fourth-order valence-electron chi connectivity index (χ4n) is 2.47. The van der Waals surface area contributed by atoms with Gasteiger partial charge in [-0.15, -0.1) is 0 Å². The van der Waals surface area contributed by atoms with Crippen molar-refractivity contribution in [2.45, 2.75) is 46.1 Å². The van der Waals surface area contributed by atoms with Crippen LogP contribution in [-0.2, 0) is 11.2 Å². The minimum absolute atomic E-state index is 0.0646. The van der Waals surface area contributed by atoms with Crippen LogP contribution in [0.3, 0.4) is 0 Å². The number of imidazole rings is 1. The van der Waals surface area contributed by atoms with Gasteiger partial charge in [0.25, 0.3) is 0 Å². The molecule has 0 aliphatic carbocycles. The van der Waals surface area contributed by atoms with Crippen molar-refractivity contribution in [3.8, 4) is 0 Å². The van der Waals surface area contributed by atoms with Crippen LogP contribution in [0.25, 0.3) is 11.0 Å². The Morgan fingerprint density at radius 2 is 2.05 bits per heavy atom. The third kappa shape index (κ3) is 2.82. The summed E-state index contributed by atoms with van der Waals surface area (Å²) in [5.41, 5.74) is 2.08. The topological polar surface area (TPSA) is 72.2 Å². The Labute approximate surface area is 123 Å². The second kappa shape index (κ2) is 6.08. The Hall–Kier alpha value is -2.17. The number of ketones is 1. The van der Waals surface area contributed by atoms with Crippen LogP contribution in [0.5, 0.6) is 0 Å². The highest BCUT2D eigenvalue weighted by Crippen LogP contribution is 2.24. The van der Waals surface area contributed by atoms with Gasteiger partial charge in [-0.2, -0.15) is 0 Å². The van der Waals surface area contributed by atoms with Gasteiger partial charge in [-0.05, 0) is 31.5 Å². The average molecular weight is 288 g/mol. The third-order valence-electron chi connectivity index (χ3n) is 3.62. The molecule has 21 heavy (non-hydrogen) atoms. The van der Waals surface area contributed by atoms with Crippen molar-refractivity contribution < 1.29 is 14.7 Å². The van der Waals surface area contributed by atoms with Crippen molar-refractivity contribution in [1.82, 2.24) is 9.55 Å². The Bertz CT molecular complexity index is 688. The normalized spacial score (nSPS) is 12.5. The molecular formula is C16H20N2O3. The summed E-state index contributed by atoms with van der Waals surface area (Å²) in [4.78, 5) is 27.6. The van der Waals surface area contributed by atoms with Crippen molar-refractivity contribution in [3.63, 3.8) is 0 Å². The van der Waals surface area contributed by atoms with E-state index in [1.165, 1.54) is 0 Å². The summed E-state index contributed by atoms with van der Waals surface area (Å²) < 4.78 is 1.75. The molecule has 1 aromatic carbocycles. The van der Waals surface area contributed by atoms with Gasteiger partial charge in [-0.3, -0.25) is 4.79 Å². The van der Waals surface area contributed by atoms with Gasteiger partial charge in [-0.1, -0.05) is 13.8 Å². The van der Waals surface area contributed by atoms with E-state index in [1.807, 2.05) is 13.8 Å². The Kier molecular flexibility index (Phi) is 4.40. The van der Waals surface area contributed by atoms with Gasteiger partial charge < -0.3 is 9.67 Å². The molecule has 1 heterocycles. The van der Waals surface area contributed by atoms with E-state index in [1.54, 1.807) is 29.7 Å². The molecule has 0 bridgehead atoms. The molecule has 0 radical (unpaired) electrons. The van der Waals surface area contributed by atoms with Crippen LogP contribution in [0.15, 0.2) is 18.2 Å². The van der Waals surface area contributed by atoms with Crippen LogP contribution in [0.4, 0.5) is 0 Å². The van der Waals surface area contributed by atoms with Crippen LogP contribution in [-0.4, -0.2) is 26.4 Å². The first-order valence-corrected chi connectivity index (χ1v) is 7.26. The number of aryl methyl sites for hydroxylation is 1. The summed E-state index contributed by atoms with van der Waals surface area (Å²) in [5, 5.41) is 9.28. The number of carboxylic acid groups (broad SMARTS) is 1. The maximum absolute atomic E-state index is 11.8. The third-order valence-corrected chi connectivity index (χ3v) is 3.62. The number of hydrogen-bond acceptors (Lipinski definition) is 3. The molecule has 1 N–H and O–H groups in total. The minimum atomic E-state index is -0.889. The van der Waals surface area contributed by atoms with Crippen LogP contribution < -0.4 is 0 Å². The highest BCUT2D eigenvalue weighted by atomic mass is 16.4. The molecule has 1 atom stereocenters. The molecule has 2 aromatic rings. The molecule has 0 amide bonds. The number of benzene rings is 1. The molecule has 1 unspecified atom stereocenters. The second-order valence-corrected chi connectivity index (χ2v) is 5.14. The van der Waals surface area contributed by atoms with E-state index >= 15 is 0 Å². The van der Waals surface area contributed by atoms with Crippen molar-refractivity contribution in [3.05, 3.63) is 29.6 Å². The van der Waals surface area contributed by atoms with Crippen LogP contribution in [0.1, 0.15) is 55.8 Å². The minimum Gasteiger partial charge on any atom is -0.480 e. The zero-order valence-electron chi connectivity index (χ0n) is 12.6. The van der Waals surface area contributed by atoms with E-state index in [0.29, 0.717) is 23.9 Å². The maximum Gasteiger partial charge on any atom is 0.326 e. The molecule has 112 valence electrons. The summed E-state index contributed by atoms with van der Waals surface area (Å²) in [7, 11) is 0. The van der Waals surface area contributed by atoms with E-state index in [-0.39, 0.29) is 5.78 Å². The highest BCUT2D eigenvalue weighted by molar-refractivity contribution is 5.98. The first-order valence-electron chi connectivity index (χ1n) is 7.26. The van der Waals surface area contributed by atoms with Gasteiger partial charge in [0.2, 0.25) is 0 Å². The SMILES string of the molecule is CCCc1nc2cc(C(=O)CC)ccc2n1C(C)C(=O)O. The van der Waals surface area contributed by atoms with E-state index in [4.69, 9.17) is 0 Å². The molecular weight excluding hydrogens is 268 g/mol. The second-order valence-electron chi connectivity index (χ2n) is 5.14. The monoisotopic (exact) mass is 288 g/mol. The zero-order valence-corrected chi connectivity index (χ0v) is 12.6. The van der Waals surface area contributed by atoms with Crippen LogP contribution in [0.2, 0.25) is 0 Å². The standard InChI is InChI=1S/C16H20N2O3/c1-4-6-15-17-12-9-11(14(19)5-2)7-8-13(12)18(15)10(3)16(20)21/h7-10H,4-6H2,1-3H3,(H,20,21). The largest absolute Gasteiger partial charge is 0.480 e. The molecule has 1 aromatic heterocycles. The van der Waals surface area contributed by atoms with Gasteiger partial charge >= 0.3 is 5.97 Å². The Morgan fingerprint density at radius 3 is 2.62 bits per heavy atom. The molecule has 0 spiro atoms. The van der Waals surface area contributed by atoms with Crippen molar-refractivity contribution >= 4 is 22.8 Å². The van der Waals surface area contributed by atoms with E-state index in [0.717, 1.165) is 17.8 Å². The number of fused-ring (bicyclic) bond motifs is 1. The fraction of sp³-hybridized carbons (Fsp3) is 0.438. The van der Waals surface area contributed by atoms with Crippen LogP contribution >= 0.6 is 0 Å². The molecule has 5 heteroatoms. The molecule has 0 saturated carbocycles. The Balaban J connectivity index is 2.62. The molecule has 0 fully saturated rings. The number of carbonyl (C=O) groups is 2. The number of nitrogens with zero attached hydrogens (tertiary/aromatic N) is 2. The first kappa shape index (κ1) is 15.2. The van der Waals surface area contributed by atoms with Crippen molar-refractivity contribution in [2.24, 2.45) is 0 Å². The number of aliphatic carboxylic acids is 1. The smallest absolute Gasteiger partial charge is 0.326 e. The highest BCUT2D eigenvalue weighted by Gasteiger charge is 2.21. The molecule has 0 aliphatic rings. The van der Waals surface area contributed by atoms with E-state index in [2.05, 4.69) is 4.98 Å². The lowest BCUT2D eigenvalue weighted by atomic mass is 10.1. The van der Waals surface area contributed by atoms with Gasteiger partial charge in [0.05, 0.1) is 11.0 Å². The van der Waals surface area contributed by atoms with E-state index in [9.17, 15) is 14.7 Å². The van der Waals surface area contributed by atoms with Gasteiger partial charge in [0.15, 0.2) is 5.78 Å². The zero-order chi connectivity index (χ0) is 15.6. The van der Waals surface area contributed by atoms with Crippen LogP contribution in [0, 0.1) is 0 Å². The molecule has 5 nitrogen and oxygen atoms in total. The van der Waals surface area contributed by atoms with Crippen molar-refractivity contribution in [2.75, 3.05) is 0 Å². The lowest BCUT2D eigenvalue weighted by Crippen LogP contribution is -2.18. The van der Waals surface area contributed by atoms with Gasteiger partial charge in [-0.25, -0.2) is 9.78 Å². The number of aromatic nitrogens is 2. The number of hydrogen-bond donors (Lipinski definition) is 1. The first-order chi connectivity index (χ1) is 9.99. The number of carboxylic acids is 1. The number of carbonyl (C=O) groups excluding carboxylic acids is 1. The number of rotatable bonds is 6. The summed E-state index contributed by atoms with van der Waals surface area (Å²) in [6, 6.07) is 4.62. The summed E-state index contributed by atoms with van der Waals surface area (Å²) in [6.45, 7) is 5.50. The average Bonchev–Trinajstić information content (AvgIpc) is 2.82. The Morgan fingerprint density at radius 1 is 1.33 bits per heavy atom. The predicted octanol–water partition coefficient (Wildman–Crippen LogP) is 3.23. The van der Waals surface area contributed by atoms with Crippen molar-refractivity contribution in [1.29, 1.82) is 0 Å². The molecule has 2 rings (SSSR count). The lowest BCUT2D eigenvalue weighted by molar-refractivity contribution is -0.140. The molecule has 0 aliphatic heterocycles. The summed E-state index contributed by atoms with van der Waals surface area (Å²) in [5.74, 6) is -0.0707. The van der Waals surface area contributed by atoms with Gasteiger partial charge in [0, 0.05) is 18.4 Å². The summed E-state index contributed by atoms with van der Waals surface area (Å²) in [6.07, 6.45) is 2.04.